The Labute approximate surface area is 118 Å². The van der Waals surface area contributed by atoms with Gasteiger partial charge in [0.05, 0.1) is 32.0 Å². The number of rotatable bonds is 5. The van der Waals surface area contributed by atoms with Crippen molar-refractivity contribution in [3.05, 3.63) is 35.7 Å². The summed E-state index contributed by atoms with van der Waals surface area (Å²) in [5.41, 5.74) is 3.41. The smallest absolute Gasteiger partial charge is 0.139 e. The molecule has 2 aromatic rings. The summed E-state index contributed by atoms with van der Waals surface area (Å²) in [6.07, 6.45) is 3.74. The molecule has 0 atom stereocenters. The predicted molar refractivity (Wildman–Crippen MR) is 75.5 cm³/mol. The molecule has 0 unspecified atom stereocenters. The lowest BCUT2D eigenvalue weighted by molar-refractivity contribution is 0.183. The molecule has 5 heteroatoms. The van der Waals surface area contributed by atoms with Crippen molar-refractivity contribution in [2.75, 3.05) is 20.8 Å². The van der Waals surface area contributed by atoms with Crippen LogP contribution < -0.4 is 4.74 Å². The molecule has 20 heavy (non-hydrogen) atoms. The third-order valence-corrected chi connectivity index (χ3v) is 3.09. The maximum absolute atomic E-state index is 9.20. The van der Waals surface area contributed by atoms with Crippen LogP contribution in [0.25, 0.3) is 11.1 Å². The van der Waals surface area contributed by atoms with E-state index in [1.165, 1.54) is 0 Å². The average Bonchev–Trinajstić information content (AvgIpc) is 2.93. The Hall–Kier alpha value is -2.32. The maximum atomic E-state index is 9.20. The summed E-state index contributed by atoms with van der Waals surface area (Å²) in [6, 6.07) is 5.99. The van der Waals surface area contributed by atoms with Gasteiger partial charge in [0, 0.05) is 18.9 Å². The van der Waals surface area contributed by atoms with Crippen molar-refractivity contribution in [3.8, 4) is 22.9 Å². The van der Waals surface area contributed by atoms with Crippen molar-refractivity contribution in [2.24, 2.45) is 0 Å². The van der Waals surface area contributed by atoms with E-state index in [4.69, 9.17) is 9.47 Å². The highest BCUT2D eigenvalue weighted by Gasteiger charge is 2.10. The Kier molecular flexibility index (Phi) is 4.38. The van der Waals surface area contributed by atoms with Crippen molar-refractivity contribution in [1.82, 2.24) is 9.78 Å². The van der Waals surface area contributed by atoms with E-state index in [9.17, 15) is 5.26 Å². The van der Waals surface area contributed by atoms with Crippen LogP contribution in [-0.2, 0) is 11.3 Å². The van der Waals surface area contributed by atoms with E-state index in [2.05, 4.69) is 11.2 Å². The summed E-state index contributed by atoms with van der Waals surface area (Å²) in [7, 11) is 3.24. The maximum Gasteiger partial charge on any atom is 0.139 e. The molecule has 1 aromatic carbocycles. The predicted octanol–water partition coefficient (Wildman–Crippen LogP) is 2.39. The lowest BCUT2D eigenvalue weighted by Crippen LogP contribution is -2.03. The highest BCUT2D eigenvalue weighted by atomic mass is 16.5. The highest BCUT2D eigenvalue weighted by Crippen LogP contribution is 2.29. The fourth-order valence-corrected chi connectivity index (χ4v) is 2.11. The molecule has 0 amide bonds. The van der Waals surface area contributed by atoms with Crippen LogP contribution in [0.2, 0.25) is 0 Å². The van der Waals surface area contributed by atoms with Crippen molar-refractivity contribution in [3.63, 3.8) is 0 Å². The van der Waals surface area contributed by atoms with Gasteiger partial charge >= 0.3 is 0 Å². The van der Waals surface area contributed by atoms with Crippen LogP contribution >= 0.6 is 0 Å². The number of ether oxygens (including phenoxy) is 2. The van der Waals surface area contributed by atoms with Gasteiger partial charge in [-0.2, -0.15) is 10.4 Å². The molecule has 0 saturated carbocycles. The highest BCUT2D eigenvalue weighted by molar-refractivity contribution is 5.68. The Morgan fingerprint density at radius 1 is 1.30 bits per heavy atom. The summed E-state index contributed by atoms with van der Waals surface area (Å²) in [4.78, 5) is 0. The van der Waals surface area contributed by atoms with Gasteiger partial charge in [-0.25, -0.2) is 0 Å². The molecule has 0 aliphatic heterocycles. The van der Waals surface area contributed by atoms with Crippen molar-refractivity contribution < 1.29 is 9.47 Å². The van der Waals surface area contributed by atoms with E-state index in [-0.39, 0.29) is 0 Å². The summed E-state index contributed by atoms with van der Waals surface area (Å²) >= 11 is 0. The number of nitriles is 1. The molecule has 0 radical (unpaired) electrons. The number of benzene rings is 1. The van der Waals surface area contributed by atoms with Gasteiger partial charge in [0.15, 0.2) is 0 Å². The van der Waals surface area contributed by atoms with E-state index in [1.807, 2.05) is 29.9 Å². The number of methoxy groups -OCH3 is 2. The zero-order chi connectivity index (χ0) is 14.5. The first-order valence-electron chi connectivity index (χ1n) is 6.30. The molecular formula is C15H17N3O2. The summed E-state index contributed by atoms with van der Waals surface area (Å²) < 4.78 is 12.1. The third-order valence-electron chi connectivity index (χ3n) is 3.09. The Balaban J connectivity index is 2.36. The SMILES string of the molecule is COCCn1cc(-c2cc(C)c(OC)c(C#N)c2)cn1. The third kappa shape index (κ3) is 2.81. The van der Waals surface area contributed by atoms with Gasteiger partial charge in [0.1, 0.15) is 11.8 Å². The van der Waals surface area contributed by atoms with Gasteiger partial charge in [-0.1, -0.05) is 0 Å². The quantitative estimate of drug-likeness (QED) is 0.837. The minimum Gasteiger partial charge on any atom is -0.495 e. The van der Waals surface area contributed by atoms with Gasteiger partial charge < -0.3 is 9.47 Å². The Morgan fingerprint density at radius 2 is 2.10 bits per heavy atom. The van der Waals surface area contributed by atoms with Crippen LogP contribution in [0.1, 0.15) is 11.1 Å². The van der Waals surface area contributed by atoms with E-state index >= 15 is 0 Å². The monoisotopic (exact) mass is 271 g/mol. The molecule has 0 bridgehead atoms. The lowest BCUT2D eigenvalue weighted by Gasteiger charge is -2.08. The summed E-state index contributed by atoms with van der Waals surface area (Å²) in [5, 5.41) is 13.5. The second-order valence-corrected chi connectivity index (χ2v) is 4.47. The molecule has 1 aromatic heterocycles. The zero-order valence-corrected chi connectivity index (χ0v) is 11.9. The molecule has 104 valence electrons. The second kappa shape index (κ2) is 6.22. The topological polar surface area (TPSA) is 60.1 Å². The van der Waals surface area contributed by atoms with Gasteiger partial charge in [-0.3, -0.25) is 4.68 Å². The first kappa shape index (κ1) is 14.1. The fraction of sp³-hybridized carbons (Fsp3) is 0.333. The Bertz CT molecular complexity index is 641. The van der Waals surface area contributed by atoms with E-state index in [1.54, 1.807) is 20.4 Å². The molecular weight excluding hydrogens is 254 g/mol. The van der Waals surface area contributed by atoms with Crippen LogP contribution in [0.3, 0.4) is 0 Å². The minimum atomic E-state index is 0.534. The molecule has 5 nitrogen and oxygen atoms in total. The van der Waals surface area contributed by atoms with E-state index < -0.39 is 0 Å². The first-order chi connectivity index (χ1) is 9.69. The number of aromatic nitrogens is 2. The van der Waals surface area contributed by atoms with Gasteiger partial charge in [-0.05, 0) is 30.2 Å². The number of hydrogen-bond donors (Lipinski definition) is 0. The standard InChI is InChI=1S/C15H17N3O2/c1-11-6-12(7-13(8-16)15(11)20-3)14-9-17-18(10-14)4-5-19-2/h6-7,9-10H,4-5H2,1-3H3. The van der Waals surface area contributed by atoms with Crippen LogP contribution in [0, 0.1) is 18.3 Å². The minimum absolute atomic E-state index is 0.534. The van der Waals surface area contributed by atoms with Crippen LogP contribution in [0.5, 0.6) is 5.75 Å². The van der Waals surface area contributed by atoms with E-state index in [0.29, 0.717) is 24.5 Å². The van der Waals surface area contributed by atoms with Gasteiger partial charge in [0.2, 0.25) is 0 Å². The Morgan fingerprint density at radius 3 is 2.75 bits per heavy atom. The van der Waals surface area contributed by atoms with Crippen molar-refractivity contribution >= 4 is 0 Å². The van der Waals surface area contributed by atoms with Crippen LogP contribution in [0.4, 0.5) is 0 Å². The fourth-order valence-electron chi connectivity index (χ4n) is 2.11. The number of aryl methyl sites for hydroxylation is 1. The summed E-state index contributed by atoms with van der Waals surface area (Å²) in [5.74, 6) is 0.628. The number of nitrogens with zero attached hydrogens (tertiary/aromatic N) is 3. The van der Waals surface area contributed by atoms with Crippen molar-refractivity contribution in [1.29, 1.82) is 5.26 Å². The van der Waals surface area contributed by atoms with E-state index in [0.717, 1.165) is 16.7 Å². The molecule has 0 saturated heterocycles. The van der Waals surface area contributed by atoms with Crippen LogP contribution in [0.15, 0.2) is 24.5 Å². The molecule has 1 heterocycles. The van der Waals surface area contributed by atoms with Crippen LogP contribution in [-0.4, -0.2) is 30.6 Å². The molecule has 0 aliphatic rings. The normalized spacial score (nSPS) is 10.3. The number of hydrogen-bond acceptors (Lipinski definition) is 4. The van der Waals surface area contributed by atoms with Gasteiger partial charge in [0.25, 0.3) is 0 Å². The van der Waals surface area contributed by atoms with Crippen molar-refractivity contribution in [2.45, 2.75) is 13.5 Å². The molecule has 0 fully saturated rings. The lowest BCUT2D eigenvalue weighted by atomic mass is 10.0. The van der Waals surface area contributed by atoms with Gasteiger partial charge in [-0.15, -0.1) is 0 Å². The molecule has 2 rings (SSSR count). The molecule has 0 spiro atoms. The second-order valence-electron chi connectivity index (χ2n) is 4.47. The molecule has 0 aliphatic carbocycles. The summed E-state index contributed by atoms with van der Waals surface area (Å²) in [6.45, 7) is 3.25. The largest absolute Gasteiger partial charge is 0.495 e. The zero-order valence-electron chi connectivity index (χ0n) is 11.9. The molecule has 0 N–H and O–H groups in total. The average molecular weight is 271 g/mol. The first-order valence-corrected chi connectivity index (χ1v) is 6.30.